The zero-order valence-corrected chi connectivity index (χ0v) is 7.38. The van der Waals surface area contributed by atoms with Gasteiger partial charge >= 0.3 is 0 Å². The highest BCUT2D eigenvalue weighted by Crippen LogP contribution is 2.23. The minimum absolute atomic E-state index is 0.0541. The number of nitrogens with one attached hydrogen (secondary N) is 1. The van der Waals surface area contributed by atoms with Gasteiger partial charge in [0.25, 0.3) is 6.43 Å². The van der Waals surface area contributed by atoms with E-state index in [0.717, 1.165) is 5.56 Å². The summed E-state index contributed by atoms with van der Waals surface area (Å²) < 4.78 is 24.6. The third-order valence-corrected chi connectivity index (χ3v) is 1.96. The van der Waals surface area contributed by atoms with Gasteiger partial charge in [-0.25, -0.2) is 18.7 Å². The highest BCUT2D eigenvalue weighted by Gasteiger charge is 2.15. The van der Waals surface area contributed by atoms with E-state index < -0.39 is 12.2 Å². The first-order valence-electron chi connectivity index (χ1n) is 3.99. The maximum absolute atomic E-state index is 12.3. The van der Waals surface area contributed by atoms with Crippen molar-refractivity contribution in [1.82, 2.24) is 15.0 Å². The minimum Gasteiger partial charge on any atom is -0.382 e. The van der Waals surface area contributed by atoms with Crippen molar-refractivity contribution >= 4 is 16.9 Å². The second-order valence-corrected chi connectivity index (χ2v) is 2.96. The van der Waals surface area contributed by atoms with E-state index >= 15 is 0 Å². The molecular weight excluding hydrogens is 190 g/mol. The number of nitrogen functional groups attached to an aromatic ring is 1. The average Bonchev–Trinajstić information content (AvgIpc) is 2.48. The SMILES string of the molecule is Cc1c[nH]c2c(N)nc(C(F)F)nc12. The summed E-state index contributed by atoms with van der Waals surface area (Å²) in [6.45, 7) is 1.76. The van der Waals surface area contributed by atoms with Crippen LogP contribution in [0.5, 0.6) is 0 Å². The average molecular weight is 198 g/mol. The molecule has 0 saturated carbocycles. The second kappa shape index (κ2) is 2.90. The van der Waals surface area contributed by atoms with Crippen molar-refractivity contribution in [1.29, 1.82) is 0 Å². The van der Waals surface area contributed by atoms with Crippen LogP contribution in [0.15, 0.2) is 6.20 Å². The van der Waals surface area contributed by atoms with E-state index in [2.05, 4.69) is 15.0 Å². The molecule has 0 aliphatic rings. The standard InChI is InChI=1S/C8H8F2N4/c1-3-2-12-5-4(3)13-8(6(9)10)14-7(5)11/h2,6,12H,1H3,(H2,11,13,14). The van der Waals surface area contributed by atoms with Crippen molar-refractivity contribution in [3.63, 3.8) is 0 Å². The Kier molecular flexibility index (Phi) is 1.83. The fraction of sp³-hybridized carbons (Fsp3) is 0.250. The van der Waals surface area contributed by atoms with Gasteiger partial charge in [0, 0.05) is 6.20 Å². The fourth-order valence-electron chi connectivity index (χ4n) is 1.27. The van der Waals surface area contributed by atoms with Crippen LogP contribution in [0.4, 0.5) is 14.6 Å². The van der Waals surface area contributed by atoms with Crippen LogP contribution >= 0.6 is 0 Å². The van der Waals surface area contributed by atoms with E-state index in [-0.39, 0.29) is 5.82 Å². The molecule has 2 aromatic heterocycles. The van der Waals surface area contributed by atoms with Crippen molar-refractivity contribution in [3.8, 4) is 0 Å². The minimum atomic E-state index is -2.70. The van der Waals surface area contributed by atoms with Crippen LogP contribution in [0.3, 0.4) is 0 Å². The molecule has 0 fully saturated rings. The van der Waals surface area contributed by atoms with Crippen LogP contribution in [0.25, 0.3) is 11.0 Å². The second-order valence-electron chi connectivity index (χ2n) is 2.96. The largest absolute Gasteiger partial charge is 0.382 e. The van der Waals surface area contributed by atoms with Gasteiger partial charge in [-0.15, -0.1) is 0 Å². The van der Waals surface area contributed by atoms with E-state index in [1.54, 1.807) is 13.1 Å². The van der Waals surface area contributed by atoms with E-state index in [1.165, 1.54) is 0 Å². The molecule has 2 rings (SSSR count). The van der Waals surface area contributed by atoms with Gasteiger partial charge < -0.3 is 10.7 Å². The summed E-state index contributed by atoms with van der Waals surface area (Å²) in [7, 11) is 0. The number of aromatic nitrogens is 3. The Bertz CT molecular complexity index is 477. The first-order chi connectivity index (χ1) is 6.59. The monoisotopic (exact) mass is 198 g/mol. The zero-order chi connectivity index (χ0) is 10.3. The summed E-state index contributed by atoms with van der Waals surface area (Å²) >= 11 is 0. The van der Waals surface area contributed by atoms with E-state index in [1.807, 2.05) is 0 Å². The number of H-pyrrole nitrogens is 1. The topological polar surface area (TPSA) is 67.6 Å². The quantitative estimate of drug-likeness (QED) is 0.733. The first kappa shape index (κ1) is 8.86. The molecule has 0 aromatic carbocycles. The Morgan fingerprint density at radius 1 is 1.43 bits per heavy atom. The molecule has 0 amide bonds. The molecule has 0 saturated heterocycles. The highest BCUT2D eigenvalue weighted by atomic mass is 19.3. The molecule has 74 valence electrons. The van der Waals surface area contributed by atoms with Crippen molar-refractivity contribution < 1.29 is 8.78 Å². The molecule has 0 unspecified atom stereocenters. The number of hydrogen-bond acceptors (Lipinski definition) is 3. The lowest BCUT2D eigenvalue weighted by atomic mass is 10.3. The fourth-order valence-corrected chi connectivity index (χ4v) is 1.27. The maximum atomic E-state index is 12.3. The lowest BCUT2D eigenvalue weighted by Crippen LogP contribution is -2.01. The van der Waals surface area contributed by atoms with Crippen molar-refractivity contribution in [2.75, 3.05) is 5.73 Å². The first-order valence-corrected chi connectivity index (χ1v) is 3.99. The lowest BCUT2D eigenvalue weighted by molar-refractivity contribution is 0.141. The molecule has 0 radical (unpaired) electrons. The number of fused-ring (bicyclic) bond motifs is 1. The molecular formula is C8H8F2N4. The van der Waals surface area contributed by atoms with E-state index in [0.29, 0.717) is 11.0 Å². The number of nitrogens with zero attached hydrogens (tertiary/aromatic N) is 2. The summed E-state index contributed by atoms with van der Waals surface area (Å²) in [5, 5.41) is 0. The molecule has 0 aliphatic heterocycles. The summed E-state index contributed by atoms with van der Waals surface area (Å²) in [5.41, 5.74) is 7.22. The maximum Gasteiger partial charge on any atom is 0.297 e. The number of halogens is 2. The van der Waals surface area contributed by atoms with Gasteiger partial charge in [0.1, 0.15) is 5.52 Å². The molecule has 0 aliphatic carbocycles. The third-order valence-electron chi connectivity index (χ3n) is 1.96. The molecule has 4 nitrogen and oxygen atoms in total. The molecule has 0 atom stereocenters. The molecule has 14 heavy (non-hydrogen) atoms. The van der Waals surface area contributed by atoms with Crippen molar-refractivity contribution in [3.05, 3.63) is 17.6 Å². The number of alkyl halides is 2. The molecule has 2 aromatic rings. The van der Waals surface area contributed by atoms with Gasteiger partial charge in [-0.2, -0.15) is 0 Å². The lowest BCUT2D eigenvalue weighted by Gasteiger charge is -2.01. The van der Waals surface area contributed by atoms with E-state index in [4.69, 9.17) is 5.73 Å². The Labute approximate surface area is 78.2 Å². The molecule has 3 N–H and O–H groups in total. The predicted molar refractivity (Wildman–Crippen MR) is 48.0 cm³/mol. The smallest absolute Gasteiger partial charge is 0.297 e. The summed E-state index contributed by atoms with van der Waals surface area (Å²) in [5.74, 6) is -0.476. The van der Waals surface area contributed by atoms with Crippen LogP contribution < -0.4 is 5.73 Å². The molecule has 0 spiro atoms. The van der Waals surface area contributed by atoms with Crippen LogP contribution in [-0.4, -0.2) is 15.0 Å². The molecule has 2 heterocycles. The Hall–Kier alpha value is -1.72. The van der Waals surface area contributed by atoms with Gasteiger partial charge in [0.15, 0.2) is 11.6 Å². The predicted octanol–water partition coefficient (Wildman–Crippen LogP) is 1.79. The number of nitrogens with two attached hydrogens (primary N) is 1. The molecule has 0 bridgehead atoms. The summed E-state index contributed by atoms with van der Waals surface area (Å²) in [6.07, 6.45) is -1.04. The zero-order valence-electron chi connectivity index (χ0n) is 7.38. The van der Waals surface area contributed by atoms with Gasteiger partial charge in [0.2, 0.25) is 0 Å². The number of hydrogen-bond donors (Lipinski definition) is 2. The van der Waals surface area contributed by atoms with Gasteiger partial charge in [-0.1, -0.05) is 0 Å². The Morgan fingerprint density at radius 3 is 2.79 bits per heavy atom. The van der Waals surface area contributed by atoms with Gasteiger partial charge in [0.05, 0.1) is 5.52 Å². The normalized spacial score (nSPS) is 11.4. The third kappa shape index (κ3) is 1.19. The Morgan fingerprint density at radius 2 is 2.14 bits per heavy atom. The van der Waals surface area contributed by atoms with Gasteiger partial charge in [-0.3, -0.25) is 0 Å². The van der Waals surface area contributed by atoms with Crippen LogP contribution in [-0.2, 0) is 0 Å². The van der Waals surface area contributed by atoms with Crippen molar-refractivity contribution in [2.45, 2.75) is 13.3 Å². The van der Waals surface area contributed by atoms with Crippen molar-refractivity contribution in [2.24, 2.45) is 0 Å². The number of anilines is 1. The number of rotatable bonds is 1. The van der Waals surface area contributed by atoms with E-state index in [9.17, 15) is 8.78 Å². The van der Waals surface area contributed by atoms with Gasteiger partial charge in [-0.05, 0) is 12.5 Å². The number of aromatic amines is 1. The Balaban J connectivity index is 2.75. The van der Waals surface area contributed by atoms with Crippen LogP contribution in [0, 0.1) is 6.92 Å². The molecule has 6 heteroatoms. The van der Waals surface area contributed by atoms with Crippen LogP contribution in [0.2, 0.25) is 0 Å². The highest BCUT2D eigenvalue weighted by molar-refractivity contribution is 5.87. The van der Waals surface area contributed by atoms with Crippen LogP contribution in [0.1, 0.15) is 17.8 Å². The summed E-state index contributed by atoms with van der Waals surface area (Å²) in [4.78, 5) is 10.0. The summed E-state index contributed by atoms with van der Waals surface area (Å²) in [6, 6.07) is 0. The number of aryl methyl sites for hydroxylation is 1.